The van der Waals surface area contributed by atoms with E-state index in [0.717, 1.165) is 37.2 Å². The van der Waals surface area contributed by atoms with Crippen LogP contribution in [0, 0.1) is 0 Å². The van der Waals surface area contributed by atoms with Crippen LogP contribution in [0.1, 0.15) is 39.3 Å². The van der Waals surface area contributed by atoms with Crippen LogP contribution >= 0.6 is 15.9 Å². The third-order valence-electron chi connectivity index (χ3n) is 4.35. The fraction of sp³-hybridized carbons (Fsp3) is 0.647. The zero-order valence-corrected chi connectivity index (χ0v) is 15.3. The SMILES string of the molecule is CCNC(C)c1cc(Br)ccc1N1CCN(C(C)C)CC1. The minimum Gasteiger partial charge on any atom is -0.369 e. The molecule has 0 bridgehead atoms. The van der Waals surface area contributed by atoms with Gasteiger partial charge in [-0.3, -0.25) is 4.90 Å². The van der Waals surface area contributed by atoms with Gasteiger partial charge in [0.1, 0.15) is 0 Å². The first-order valence-electron chi connectivity index (χ1n) is 8.04. The van der Waals surface area contributed by atoms with Gasteiger partial charge in [-0.1, -0.05) is 22.9 Å². The van der Waals surface area contributed by atoms with Crippen LogP contribution in [0.15, 0.2) is 22.7 Å². The van der Waals surface area contributed by atoms with Crippen LogP contribution < -0.4 is 10.2 Å². The van der Waals surface area contributed by atoms with E-state index < -0.39 is 0 Å². The van der Waals surface area contributed by atoms with E-state index in [2.05, 4.69) is 76.9 Å². The lowest BCUT2D eigenvalue weighted by atomic mass is 10.0. The van der Waals surface area contributed by atoms with Gasteiger partial charge >= 0.3 is 0 Å². The van der Waals surface area contributed by atoms with Gasteiger partial charge in [-0.05, 0) is 51.1 Å². The van der Waals surface area contributed by atoms with Crippen molar-refractivity contribution in [2.24, 2.45) is 0 Å². The molecular formula is C17H28BrN3. The van der Waals surface area contributed by atoms with Crippen molar-refractivity contribution in [2.45, 2.75) is 39.8 Å². The predicted octanol–water partition coefficient (Wildman–Crippen LogP) is 3.65. The maximum atomic E-state index is 3.61. The van der Waals surface area contributed by atoms with Gasteiger partial charge in [0.05, 0.1) is 0 Å². The first-order chi connectivity index (χ1) is 10.0. The average Bonchev–Trinajstić information content (AvgIpc) is 2.47. The zero-order chi connectivity index (χ0) is 15.4. The van der Waals surface area contributed by atoms with Crippen LogP contribution in [0.3, 0.4) is 0 Å². The van der Waals surface area contributed by atoms with Crippen LogP contribution in [0.25, 0.3) is 0 Å². The summed E-state index contributed by atoms with van der Waals surface area (Å²) < 4.78 is 1.16. The maximum absolute atomic E-state index is 3.61. The standard InChI is InChI=1S/C17H28BrN3/c1-5-19-14(4)16-12-15(18)6-7-17(16)21-10-8-20(9-11-21)13(2)3/h6-7,12-14,19H,5,8-11H2,1-4H3. The molecule has 1 aliphatic rings. The van der Waals surface area contributed by atoms with Gasteiger partial charge < -0.3 is 10.2 Å². The van der Waals surface area contributed by atoms with Crippen LogP contribution in [0.4, 0.5) is 5.69 Å². The lowest BCUT2D eigenvalue weighted by Crippen LogP contribution is -2.49. The molecule has 1 N–H and O–H groups in total. The Morgan fingerprint density at radius 3 is 2.38 bits per heavy atom. The van der Waals surface area contributed by atoms with Gasteiger partial charge in [0, 0.05) is 48.4 Å². The zero-order valence-electron chi connectivity index (χ0n) is 13.7. The molecule has 0 aromatic heterocycles. The first-order valence-corrected chi connectivity index (χ1v) is 8.84. The summed E-state index contributed by atoms with van der Waals surface area (Å²) in [6, 6.07) is 7.71. The van der Waals surface area contributed by atoms with Crippen molar-refractivity contribution >= 4 is 21.6 Å². The monoisotopic (exact) mass is 353 g/mol. The molecule has 1 unspecified atom stereocenters. The first kappa shape index (κ1) is 16.8. The molecule has 1 fully saturated rings. The van der Waals surface area contributed by atoms with Crippen LogP contribution in [0.5, 0.6) is 0 Å². The second kappa shape index (κ2) is 7.61. The molecule has 0 saturated carbocycles. The lowest BCUT2D eigenvalue weighted by molar-refractivity contribution is 0.209. The van der Waals surface area contributed by atoms with Crippen molar-refractivity contribution in [3.8, 4) is 0 Å². The molecule has 0 radical (unpaired) electrons. The highest BCUT2D eigenvalue weighted by Gasteiger charge is 2.22. The average molecular weight is 354 g/mol. The second-order valence-electron chi connectivity index (χ2n) is 6.10. The fourth-order valence-electron chi connectivity index (χ4n) is 3.06. The van der Waals surface area contributed by atoms with E-state index in [4.69, 9.17) is 0 Å². The number of hydrogen-bond acceptors (Lipinski definition) is 3. The van der Waals surface area contributed by atoms with Crippen molar-refractivity contribution in [1.29, 1.82) is 0 Å². The van der Waals surface area contributed by atoms with Gasteiger partial charge in [0.2, 0.25) is 0 Å². The largest absolute Gasteiger partial charge is 0.369 e. The number of rotatable bonds is 5. The van der Waals surface area contributed by atoms with Crippen LogP contribution in [0.2, 0.25) is 0 Å². The minimum absolute atomic E-state index is 0.380. The van der Waals surface area contributed by atoms with E-state index in [9.17, 15) is 0 Å². The Labute approximate surface area is 137 Å². The summed E-state index contributed by atoms with van der Waals surface area (Å²) in [5, 5.41) is 3.54. The van der Waals surface area contributed by atoms with E-state index in [1.165, 1.54) is 11.3 Å². The third-order valence-corrected chi connectivity index (χ3v) is 4.84. The fourth-order valence-corrected chi connectivity index (χ4v) is 3.43. The van der Waals surface area contributed by atoms with Gasteiger partial charge in [-0.2, -0.15) is 0 Å². The van der Waals surface area contributed by atoms with E-state index in [1.54, 1.807) is 0 Å². The molecule has 1 aliphatic heterocycles. The Balaban J connectivity index is 2.16. The molecule has 3 nitrogen and oxygen atoms in total. The molecule has 118 valence electrons. The summed E-state index contributed by atoms with van der Waals surface area (Å²) in [6.45, 7) is 14.5. The van der Waals surface area contributed by atoms with Crippen molar-refractivity contribution in [3.63, 3.8) is 0 Å². The van der Waals surface area contributed by atoms with Crippen molar-refractivity contribution < 1.29 is 0 Å². The van der Waals surface area contributed by atoms with Gasteiger partial charge in [0.15, 0.2) is 0 Å². The Hall–Kier alpha value is -0.580. The van der Waals surface area contributed by atoms with Crippen molar-refractivity contribution in [3.05, 3.63) is 28.2 Å². The Morgan fingerprint density at radius 1 is 1.14 bits per heavy atom. The van der Waals surface area contributed by atoms with Crippen LogP contribution in [-0.4, -0.2) is 43.7 Å². The summed E-state index contributed by atoms with van der Waals surface area (Å²) in [6.07, 6.45) is 0. The molecule has 1 saturated heterocycles. The van der Waals surface area contributed by atoms with E-state index >= 15 is 0 Å². The molecule has 0 aliphatic carbocycles. The normalized spacial score (nSPS) is 18.3. The summed E-state index contributed by atoms with van der Waals surface area (Å²) in [7, 11) is 0. The second-order valence-corrected chi connectivity index (χ2v) is 7.01. The Bertz CT molecular complexity index is 453. The summed E-state index contributed by atoms with van der Waals surface area (Å²) in [4.78, 5) is 5.09. The molecule has 1 aromatic carbocycles. The van der Waals surface area contributed by atoms with Crippen LogP contribution in [-0.2, 0) is 0 Å². The summed E-state index contributed by atoms with van der Waals surface area (Å²) in [5.74, 6) is 0. The highest BCUT2D eigenvalue weighted by Crippen LogP contribution is 2.30. The quantitative estimate of drug-likeness (QED) is 0.871. The number of piperazine rings is 1. The molecule has 1 heterocycles. The smallest absolute Gasteiger partial charge is 0.0416 e. The van der Waals surface area contributed by atoms with Crippen molar-refractivity contribution in [1.82, 2.24) is 10.2 Å². The highest BCUT2D eigenvalue weighted by molar-refractivity contribution is 9.10. The van der Waals surface area contributed by atoms with E-state index in [-0.39, 0.29) is 0 Å². The van der Waals surface area contributed by atoms with E-state index in [1.807, 2.05) is 0 Å². The topological polar surface area (TPSA) is 18.5 Å². The molecule has 4 heteroatoms. The minimum atomic E-state index is 0.380. The molecule has 1 atom stereocenters. The molecule has 21 heavy (non-hydrogen) atoms. The third kappa shape index (κ3) is 4.21. The number of hydrogen-bond donors (Lipinski definition) is 1. The predicted molar refractivity (Wildman–Crippen MR) is 95.2 cm³/mol. The Morgan fingerprint density at radius 2 is 1.81 bits per heavy atom. The molecule has 1 aromatic rings. The number of nitrogens with one attached hydrogen (secondary N) is 1. The Kier molecular flexibility index (Phi) is 6.08. The van der Waals surface area contributed by atoms with E-state index in [0.29, 0.717) is 12.1 Å². The van der Waals surface area contributed by atoms with Crippen molar-refractivity contribution in [2.75, 3.05) is 37.6 Å². The van der Waals surface area contributed by atoms with Gasteiger partial charge in [-0.25, -0.2) is 0 Å². The molecule has 0 spiro atoms. The molecular weight excluding hydrogens is 326 g/mol. The number of nitrogens with zero attached hydrogens (tertiary/aromatic N) is 2. The summed E-state index contributed by atoms with van der Waals surface area (Å²) >= 11 is 3.61. The van der Waals surface area contributed by atoms with Gasteiger partial charge in [-0.15, -0.1) is 0 Å². The number of anilines is 1. The highest BCUT2D eigenvalue weighted by atomic mass is 79.9. The number of benzene rings is 1. The lowest BCUT2D eigenvalue weighted by Gasteiger charge is -2.39. The van der Waals surface area contributed by atoms with Gasteiger partial charge in [0.25, 0.3) is 0 Å². The molecule has 0 amide bonds. The summed E-state index contributed by atoms with van der Waals surface area (Å²) in [5.41, 5.74) is 2.78. The molecule has 2 rings (SSSR count). The maximum Gasteiger partial charge on any atom is 0.0416 e. The number of halogens is 1.